The predicted molar refractivity (Wildman–Crippen MR) is 63.9 cm³/mol. The number of halogens is 1. The molecule has 0 saturated carbocycles. The van der Waals surface area contributed by atoms with Crippen LogP contribution in [0.3, 0.4) is 0 Å². The summed E-state index contributed by atoms with van der Waals surface area (Å²) in [6.45, 7) is 5.55. The Hall–Kier alpha value is -1.44. The molecule has 1 aromatic rings. The van der Waals surface area contributed by atoms with E-state index in [1.54, 1.807) is 12.1 Å². The Morgan fingerprint density at radius 3 is 3.06 bits per heavy atom. The highest BCUT2D eigenvalue weighted by atomic mass is 19.1. The summed E-state index contributed by atoms with van der Waals surface area (Å²) < 4.78 is 13.7. The van der Waals surface area contributed by atoms with E-state index in [0.717, 1.165) is 19.6 Å². The molecule has 1 aliphatic heterocycles. The second-order valence-corrected chi connectivity index (χ2v) is 4.51. The maximum atomic E-state index is 13.7. The van der Waals surface area contributed by atoms with Gasteiger partial charge in [-0.15, -0.1) is 0 Å². The van der Waals surface area contributed by atoms with Gasteiger partial charge in [0.2, 0.25) is 0 Å². The fraction of sp³-hybridized carbons (Fsp3) is 0.462. The Morgan fingerprint density at radius 1 is 1.59 bits per heavy atom. The topological polar surface area (TPSA) is 39.1 Å². The van der Waals surface area contributed by atoms with Gasteiger partial charge in [0.1, 0.15) is 5.82 Å². The first kappa shape index (κ1) is 12.0. The van der Waals surface area contributed by atoms with Gasteiger partial charge in [0, 0.05) is 37.8 Å². The molecule has 1 N–H and O–H groups in total. The lowest BCUT2D eigenvalue weighted by Crippen LogP contribution is -2.48. The average Bonchev–Trinajstić information content (AvgIpc) is 2.32. The van der Waals surface area contributed by atoms with E-state index in [4.69, 9.17) is 5.26 Å². The number of piperazine rings is 1. The number of nitrogens with zero attached hydrogens (tertiary/aromatic N) is 2. The van der Waals surface area contributed by atoms with Crippen LogP contribution in [0.4, 0.5) is 4.39 Å². The first-order valence-corrected chi connectivity index (χ1v) is 5.83. The highest BCUT2D eigenvalue weighted by molar-refractivity contribution is 5.32. The Labute approximate surface area is 101 Å². The average molecular weight is 233 g/mol. The highest BCUT2D eigenvalue weighted by Gasteiger charge is 2.16. The lowest BCUT2D eigenvalue weighted by Gasteiger charge is -2.31. The van der Waals surface area contributed by atoms with Gasteiger partial charge in [-0.25, -0.2) is 4.39 Å². The molecule has 0 bridgehead atoms. The van der Waals surface area contributed by atoms with Crippen molar-refractivity contribution in [2.24, 2.45) is 0 Å². The summed E-state index contributed by atoms with van der Waals surface area (Å²) in [4.78, 5) is 2.23. The summed E-state index contributed by atoms with van der Waals surface area (Å²) in [5, 5.41) is 12.0. The second-order valence-electron chi connectivity index (χ2n) is 4.51. The van der Waals surface area contributed by atoms with E-state index in [1.165, 1.54) is 6.07 Å². The molecular weight excluding hydrogens is 217 g/mol. The first-order chi connectivity index (χ1) is 8.19. The Bertz CT molecular complexity index is 439. The summed E-state index contributed by atoms with van der Waals surface area (Å²) in [5.74, 6) is -0.282. The Morgan fingerprint density at radius 2 is 2.41 bits per heavy atom. The van der Waals surface area contributed by atoms with Gasteiger partial charge >= 0.3 is 0 Å². The summed E-state index contributed by atoms with van der Waals surface area (Å²) in [7, 11) is 0. The Kier molecular flexibility index (Phi) is 3.72. The molecular formula is C13H16FN3. The molecule has 3 nitrogen and oxygen atoms in total. The molecule has 1 atom stereocenters. The van der Waals surface area contributed by atoms with Crippen molar-refractivity contribution in [3.63, 3.8) is 0 Å². The zero-order chi connectivity index (χ0) is 12.3. The van der Waals surface area contributed by atoms with E-state index in [-0.39, 0.29) is 5.82 Å². The van der Waals surface area contributed by atoms with Gasteiger partial charge in [-0.05, 0) is 19.1 Å². The van der Waals surface area contributed by atoms with Gasteiger partial charge in [0.25, 0.3) is 0 Å². The van der Waals surface area contributed by atoms with Crippen molar-refractivity contribution in [2.75, 3.05) is 19.6 Å². The molecule has 1 fully saturated rings. The van der Waals surface area contributed by atoms with Crippen molar-refractivity contribution in [3.05, 3.63) is 35.1 Å². The van der Waals surface area contributed by atoms with Crippen LogP contribution in [0.15, 0.2) is 18.2 Å². The van der Waals surface area contributed by atoms with Crippen LogP contribution in [0.25, 0.3) is 0 Å². The smallest absolute Gasteiger partial charge is 0.129 e. The molecule has 1 unspecified atom stereocenters. The zero-order valence-electron chi connectivity index (χ0n) is 9.91. The van der Waals surface area contributed by atoms with Crippen molar-refractivity contribution >= 4 is 0 Å². The Balaban J connectivity index is 2.06. The number of rotatable bonds is 2. The predicted octanol–water partition coefficient (Wildman–Crippen LogP) is 1.49. The van der Waals surface area contributed by atoms with E-state index in [1.807, 2.05) is 6.07 Å². The molecule has 0 aromatic heterocycles. The third kappa shape index (κ3) is 3.02. The van der Waals surface area contributed by atoms with Crippen molar-refractivity contribution in [3.8, 4) is 6.07 Å². The van der Waals surface area contributed by atoms with Crippen molar-refractivity contribution in [1.82, 2.24) is 10.2 Å². The number of nitriles is 1. The number of nitrogens with one attached hydrogen (secondary N) is 1. The molecule has 1 aliphatic rings. The second kappa shape index (κ2) is 5.26. The van der Waals surface area contributed by atoms with Gasteiger partial charge in [-0.1, -0.05) is 6.07 Å². The van der Waals surface area contributed by atoms with Crippen molar-refractivity contribution < 1.29 is 4.39 Å². The van der Waals surface area contributed by atoms with Gasteiger partial charge in [-0.3, -0.25) is 4.90 Å². The molecule has 1 heterocycles. The van der Waals surface area contributed by atoms with Crippen LogP contribution in [0.1, 0.15) is 18.1 Å². The monoisotopic (exact) mass is 233 g/mol. The molecule has 0 radical (unpaired) electrons. The molecule has 1 saturated heterocycles. The molecule has 0 spiro atoms. The van der Waals surface area contributed by atoms with Crippen molar-refractivity contribution in [1.29, 1.82) is 5.26 Å². The lowest BCUT2D eigenvalue weighted by molar-refractivity contribution is 0.197. The summed E-state index contributed by atoms with van der Waals surface area (Å²) in [6.07, 6.45) is 0. The molecule has 90 valence electrons. The van der Waals surface area contributed by atoms with Gasteiger partial charge in [-0.2, -0.15) is 5.26 Å². The number of hydrogen-bond donors (Lipinski definition) is 1. The summed E-state index contributed by atoms with van der Waals surface area (Å²) >= 11 is 0. The zero-order valence-corrected chi connectivity index (χ0v) is 9.91. The minimum atomic E-state index is -0.282. The number of benzene rings is 1. The van der Waals surface area contributed by atoms with E-state index < -0.39 is 0 Å². The van der Waals surface area contributed by atoms with Gasteiger partial charge in [0.05, 0.1) is 11.6 Å². The lowest BCUT2D eigenvalue weighted by atomic mass is 10.1. The molecule has 0 amide bonds. The molecule has 17 heavy (non-hydrogen) atoms. The maximum absolute atomic E-state index is 13.7. The van der Waals surface area contributed by atoms with E-state index in [2.05, 4.69) is 17.1 Å². The summed E-state index contributed by atoms with van der Waals surface area (Å²) in [5.41, 5.74) is 1.04. The summed E-state index contributed by atoms with van der Waals surface area (Å²) in [6, 6.07) is 7.08. The quantitative estimate of drug-likeness (QED) is 0.841. The van der Waals surface area contributed by atoms with Gasteiger partial charge < -0.3 is 5.32 Å². The first-order valence-electron chi connectivity index (χ1n) is 5.83. The van der Waals surface area contributed by atoms with E-state index in [0.29, 0.717) is 23.7 Å². The highest BCUT2D eigenvalue weighted by Crippen LogP contribution is 2.13. The SMILES string of the molecule is CC1CN(Cc2ccc(C#N)cc2F)CCN1. The number of hydrogen-bond acceptors (Lipinski definition) is 3. The van der Waals surface area contributed by atoms with Crippen LogP contribution in [0.2, 0.25) is 0 Å². The van der Waals surface area contributed by atoms with Gasteiger partial charge in [0.15, 0.2) is 0 Å². The van der Waals surface area contributed by atoms with Crippen LogP contribution >= 0.6 is 0 Å². The van der Waals surface area contributed by atoms with Crippen LogP contribution < -0.4 is 5.32 Å². The van der Waals surface area contributed by atoms with Crippen LogP contribution in [-0.2, 0) is 6.54 Å². The van der Waals surface area contributed by atoms with Crippen LogP contribution in [0.5, 0.6) is 0 Å². The maximum Gasteiger partial charge on any atom is 0.129 e. The molecule has 4 heteroatoms. The fourth-order valence-corrected chi connectivity index (χ4v) is 2.14. The van der Waals surface area contributed by atoms with Crippen LogP contribution in [-0.4, -0.2) is 30.6 Å². The third-order valence-electron chi connectivity index (χ3n) is 3.03. The largest absolute Gasteiger partial charge is 0.312 e. The molecule has 1 aromatic carbocycles. The minimum absolute atomic E-state index is 0.282. The van der Waals surface area contributed by atoms with Crippen LogP contribution in [0, 0.1) is 17.1 Å². The minimum Gasteiger partial charge on any atom is -0.312 e. The normalized spacial score (nSPS) is 21.1. The fourth-order valence-electron chi connectivity index (χ4n) is 2.14. The third-order valence-corrected chi connectivity index (χ3v) is 3.03. The van der Waals surface area contributed by atoms with E-state index in [9.17, 15) is 4.39 Å². The van der Waals surface area contributed by atoms with Crippen molar-refractivity contribution in [2.45, 2.75) is 19.5 Å². The molecule has 2 rings (SSSR count). The van der Waals surface area contributed by atoms with E-state index >= 15 is 0 Å². The standard InChI is InChI=1S/C13H16FN3/c1-10-8-17(5-4-16-10)9-12-3-2-11(7-15)6-13(12)14/h2-3,6,10,16H,4-5,8-9H2,1H3. The molecule has 0 aliphatic carbocycles.